The van der Waals surface area contributed by atoms with Gasteiger partial charge in [0, 0.05) is 17.5 Å². The fraction of sp³-hybridized carbons (Fsp3) is 0.524. The molecule has 0 atom stereocenters. The van der Waals surface area contributed by atoms with E-state index in [1.807, 2.05) is 49.9 Å². The minimum absolute atomic E-state index is 0.0852. The van der Waals surface area contributed by atoms with Crippen molar-refractivity contribution >= 4 is 16.8 Å². The number of rotatable bonds is 4. The minimum Gasteiger partial charge on any atom is -0.335 e. The highest BCUT2D eigenvalue weighted by molar-refractivity contribution is 5.82. The number of benzene rings is 1. The molecule has 1 heterocycles. The van der Waals surface area contributed by atoms with Crippen molar-refractivity contribution in [1.29, 1.82) is 0 Å². The van der Waals surface area contributed by atoms with E-state index in [1.54, 1.807) is 0 Å². The fourth-order valence-corrected chi connectivity index (χ4v) is 3.83. The molecule has 1 saturated carbocycles. The number of aromatic amines is 1. The average Bonchev–Trinajstić information content (AvgIpc) is 2.60. The van der Waals surface area contributed by atoms with Crippen LogP contribution in [0.25, 0.3) is 10.9 Å². The maximum absolute atomic E-state index is 13.0. The smallest absolute Gasteiger partial charge is 0.253 e. The van der Waals surface area contributed by atoms with Crippen molar-refractivity contribution in [3.05, 3.63) is 45.7 Å². The zero-order valence-electron chi connectivity index (χ0n) is 15.5. The number of carbonyl (C=O) groups excluding carboxylic acids is 1. The molecule has 1 amide bonds. The molecular weight excluding hydrogens is 312 g/mol. The van der Waals surface area contributed by atoms with Gasteiger partial charge >= 0.3 is 0 Å². The van der Waals surface area contributed by atoms with Crippen LogP contribution in [0.1, 0.15) is 57.1 Å². The topological polar surface area (TPSA) is 53.2 Å². The number of fused-ring (bicyclic) bond motifs is 1. The quantitative estimate of drug-likeness (QED) is 0.909. The Morgan fingerprint density at radius 3 is 2.64 bits per heavy atom. The maximum Gasteiger partial charge on any atom is 0.253 e. The van der Waals surface area contributed by atoms with Crippen molar-refractivity contribution in [3.8, 4) is 0 Å². The number of hydrogen-bond donors (Lipinski definition) is 1. The Kier molecular flexibility index (Phi) is 5.26. The average molecular weight is 340 g/mol. The Morgan fingerprint density at radius 2 is 1.96 bits per heavy atom. The van der Waals surface area contributed by atoms with Crippen LogP contribution in [0.4, 0.5) is 0 Å². The van der Waals surface area contributed by atoms with Gasteiger partial charge < -0.3 is 9.88 Å². The first-order valence-electron chi connectivity index (χ1n) is 9.39. The molecule has 0 unspecified atom stereocenters. The van der Waals surface area contributed by atoms with Crippen LogP contribution in [0.15, 0.2) is 29.1 Å². The van der Waals surface area contributed by atoms with Crippen LogP contribution in [0.2, 0.25) is 0 Å². The third-order valence-electron chi connectivity index (χ3n) is 5.37. The summed E-state index contributed by atoms with van der Waals surface area (Å²) in [5, 5.41) is 1.02. The molecule has 134 valence electrons. The molecule has 1 aromatic heterocycles. The van der Waals surface area contributed by atoms with E-state index in [0.29, 0.717) is 12.1 Å². The van der Waals surface area contributed by atoms with Crippen LogP contribution in [0.3, 0.4) is 0 Å². The largest absolute Gasteiger partial charge is 0.335 e. The van der Waals surface area contributed by atoms with Gasteiger partial charge in [0.05, 0.1) is 12.1 Å². The van der Waals surface area contributed by atoms with E-state index in [1.165, 1.54) is 6.42 Å². The van der Waals surface area contributed by atoms with Gasteiger partial charge in [0.25, 0.3) is 5.56 Å². The van der Waals surface area contributed by atoms with Crippen molar-refractivity contribution in [3.63, 3.8) is 0 Å². The van der Waals surface area contributed by atoms with Crippen molar-refractivity contribution in [2.24, 2.45) is 5.92 Å². The summed E-state index contributed by atoms with van der Waals surface area (Å²) in [4.78, 5) is 30.4. The number of carbonyl (C=O) groups is 1. The predicted octanol–water partition coefficient (Wildman–Crippen LogP) is 4.15. The molecule has 1 N–H and O–H groups in total. The van der Waals surface area contributed by atoms with Crippen LogP contribution in [-0.4, -0.2) is 21.8 Å². The Bertz CT molecular complexity index is 816. The highest BCUT2D eigenvalue weighted by atomic mass is 16.2. The molecule has 0 saturated heterocycles. The number of H-pyrrole nitrogens is 1. The summed E-state index contributed by atoms with van der Waals surface area (Å²) in [5.41, 5.74) is 2.51. The molecule has 0 spiro atoms. The van der Waals surface area contributed by atoms with Gasteiger partial charge in [-0.1, -0.05) is 37.5 Å². The first kappa shape index (κ1) is 17.7. The molecule has 3 rings (SSSR count). The van der Waals surface area contributed by atoms with Crippen LogP contribution in [-0.2, 0) is 11.3 Å². The second-order valence-corrected chi connectivity index (χ2v) is 7.56. The second-order valence-electron chi connectivity index (χ2n) is 7.56. The molecule has 0 radical (unpaired) electrons. The van der Waals surface area contributed by atoms with Crippen molar-refractivity contribution in [2.45, 2.75) is 65.5 Å². The van der Waals surface area contributed by atoms with Crippen LogP contribution in [0, 0.1) is 12.8 Å². The van der Waals surface area contributed by atoms with Gasteiger partial charge in [-0.05, 0) is 50.6 Å². The molecule has 1 aliphatic rings. The third-order valence-corrected chi connectivity index (χ3v) is 5.37. The van der Waals surface area contributed by atoms with Gasteiger partial charge in [-0.3, -0.25) is 9.59 Å². The number of para-hydroxylation sites is 1. The highest BCUT2D eigenvalue weighted by Crippen LogP contribution is 2.27. The van der Waals surface area contributed by atoms with E-state index < -0.39 is 0 Å². The summed E-state index contributed by atoms with van der Waals surface area (Å²) >= 11 is 0. The van der Waals surface area contributed by atoms with E-state index in [9.17, 15) is 9.59 Å². The van der Waals surface area contributed by atoms with Crippen LogP contribution in [0.5, 0.6) is 0 Å². The fourth-order valence-electron chi connectivity index (χ4n) is 3.83. The summed E-state index contributed by atoms with van der Waals surface area (Å²) in [7, 11) is 0. The number of hydrogen-bond acceptors (Lipinski definition) is 2. The summed E-state index contributed by atoms with van der Waals surface area (Å²) in [6.07, 6.45) is 5.47. The molecule has 1 fully saturated rings. The van der Waals surface area contributed by atoms with E-state index >= 15 is 0 Å². The van der Waals surface area contributed by atoms with Gasteiger partial charge in [-0.25, -0.2) is 0 Å². The summed E-state index contributed by atoms with van der Waals surface area (Å²) < 4.78 is 0. The molecule has 2 aromatic rings. The van der Waals surface area contributed by atoms with Gasteiger partial charge in [-0.2, -0.15) is 0 Å². The Balaban J connectivity index is 1.89. The first-order chi connectivity index (χ1) is 12.0. The number of aryl methyl sites for hydroxylation is 1. The number of nitrogens with one attached hydrogen (secondary N) is 1. The molecule has 1 aromatic carbocycles. The number of aromatic nitrogens is 1. The molecule has 0 bridgehead atoms. The summed E-state index contributed by atoms with van der Waals surface area (Å²) in [6, 6.07) is 8.01. The maximum atomic E-state index is 13.0. The summed E-state index contributed by atoms with van der Waals surface area (Å²) in [6.45, 7) is 6.43. The van der Waals surface area contributed by atoms with E-state index in [-0.39, 0.29) is 23.4 Å². The number of nitrogens with zero attached hydrogens (tertiary/aromatic N) is 1. The lowest BCUT2D eigenvalue weighted by atomic mass is 9.88. The van der Waals surface area contributed by atoms with Gasteiger partial charge in [0.15, 0.2) is 0 Å². The minimum atomic E-state index is -0.0936. The van der Waals surface area contributed by atoms with E-state index in [2.05, 4.69) is 4.98 Å². The Labute approximate surface area is 149 Å². The number of amides is 1. The molecule has 1 aliphatic carbocycles. The Hall–Kier alpha value is -2.10. The summed E-state index contributed by atoms with van der Waals surface area (Å²) in [5.74, 6) is 0.330. The lowest BCUT2D eigenvalue weighted by molar-refractivity contribution is -0.139. The molecule has 4 nitrogen and oxygen atoms in total. The van der Waals surface area contributed by atoms with Crippen molar-refractivity contribution in [1.82, 2.24) is 9.88 Å². The van der Waals surface area contributed by atoms with Gasteiger partial charge in [-0.15, -0.1) is 0 Å². The lowest BCUT2D eigenvalue weighted by Gasteiger charge is -2.32. The van der Waals surface area contributed by atoms with Gasteiger partial charge in [0.2, 0.25) is 5.91 Å². The highest BCUT2D eigenvalue weighted by Gasteiger charge is 2.28. The van der Waals surface area contributed by atoms with Crippen LogP contribution >= 0.6 is 0 Å². The molecular formula is C21H28N2O2. The molecule has 25 heavy (non-hydrogen) atoms. The predicted molar refractivity (Wildman–Crippen MR) is 102 cm³/mol. The van der Waals surface area contributed by atoms with E-state index in [0.717, 1.165) is 42.1 Å². The first-order valence-corrected chi connectivity index (χ1v) is 9.39. The van der Waals surface area contributed by atoms with Crippen molar-refractivity contribution in [2.75, 3.05) is 0 Å². The third kappa shape index (κ3) is 3.78. The van der Waals surface area contributed by atoms with Crippen molar-refractivity contribution < 1.29 is 4.79 Å². The second kappa shape index (κ2) is 7.42. The van der Waals surface area contributed by atoms with Crippen LogP contribution < -0.4 is 5.56 Å². The lowest BCUT2D eigenvalue weighted by Crippen LogP contribution is -2.42. The molecule has 0 aliphatic heterocycles. The standard InChI is InChI=1S/C21H28N2O2/c1-14(2)23(21(25)16-9-5-4-6-10-16)13-18-12-17-11-7-8-15(3)19(17)22-20(18)24/h7-8,11-12,14,16H,4-6,9-10,13H2,1-3H3,(H,22,24). The zero-order valence-corrected chi connectivity index (χ0v) is 15.5. The Morgan fingerprint density at radius 1 is 1.24 bits per heavy atom. The van der Waals surface area contributed by atoms with Gasteiger partial charge in [0.1, 0.15) is 0 Å². The number of pyridine rings is 1. The normalized spacial score (nSPS) is 15.7. The SMILES string of the molecule is Cc1cccc2cc(CN(C(=O)C3CCCCC3)C(C)C)c(=O)[nH]c12. The monoisotopic (exact) mass is 340 g/mol. The molecule has 4 heteroatoms. The zero-order chi connectivity index (χ0) is 18.0. The van der Waals surface area contributed by atoms with E-state index in [4.69, 9.17) is 0 Å².